The molecule has 0 amide bonds. The summed E-state index contributed by atoms with van der Waals surface area (Å²) in [5.74, 6) is 2.35. The van der Waals surface area contributed by atoms with E-state index in [1.165, 1.54) is 0 Å². The Hall–Kier alpha value is -1.75. The van der Waals surface area contributed by atoms with Crippen molar-refractivity contribution in [3.05, 3.63) is 29.8 Å². The Balaban J connectivity index is 2.41. The highest BCUT2D eigenvalue weighted by Gasteiger charge is 2.02. The van der Waals surface area contributed by atoms with Gasteiger partial charge in [0.05, 0.1) is 20.3 Å². The first kappa shape index (κ1) is 19.3. The second-order valence-corrected chi connectivity index (χ2v) is 5.73. The Labute approximate surface area is 140 Å². The maximum atomic E-state index is 5.61. The molecular weight excluding hydrogens is 290 g/mol. The Morgan fingerprint density at radius 2 is 1.96 bits per heavy atom. The SMILES string of the molecule is CCNC(=NCc1ccccc1OC)NCCOCCC(C)C. The van der Waals surface area contributed by atoms with Crippen LogP contribution in [0.3, 0.4) is 0 Å². The van der Waals surface area contributed by atoms with Crippen LogP contribution < -0.4 is 15.4 Å². The van der Waals surface area contributed by atoms with E-state index in [0.717, 1.165) is 43.4 Å². The molecule has 0 bridgehead atoms. The second kappa shape index (κ2) is 11.8. The van der Waals surface area contributed by atoms with Gasteiger partial charge in [-0.25, -0.2) is 4.99 Å². The van der Waals surface area contributed by atoms with E-state index in [1.807, 2.05) is 24.3 Å². The van der Waals surface area contributed by atoms with Crippen LogP contribution in [0.25, 0.3) is 0 Å². The molecule has 0 aliphatic rings. The van der Waals surface area contributed by atoms with Gasteiger partial charge in [0.2, 0.25) is 0 Å². The van der Waals surface area contributed by atoms with Gasteiger partial charge >= 0.3 is 0 Å². The number of rotatable bonds is 10. The summed E-state index contributed by atoms with van der Waals surface area (Å²) in [4.78, 5) is 4.60. The van der Waals surface area contributed by atoms with Crippen molar-refractivity contribution < 1.29 is 9.47 Å². The lowest BCUT2D eigenvalue weighted by molar-refractivity contribution is 0.128. The van der Waals surface area contributed by atoms with E-state index in [2.05, 4.69) is 36.4 Å². The van der Waals surface area contributed by atoms with E-state index in [4.69, 9.17) is 9.47 Å². The van der Waals surface area contributed by atoms with Gasteiger partial charge in [-0.2, -0.15) is 0 Å². The summed E-state index contributed by atoms with van der Waals surface area (Å²) >= 11 is 0. The van der Waals surface area contributed by atoms with Crippen LogP contribution in [-0.4, -0.2) is 39.4 Å². The quantitative estimate of drug-likeness (QED) is 0.395. The van der Waals surface area contributed by atoms with Crippen LogP contribution >= 0.6 is 0 Å². The number of guanidine groups is 1. The van der Waals surface area contributed by atoms with E-state index >= 15 is 0 Å². The van der Waals surface area contributed by atoms with Crippen molar-refractivity contribution >= 4 is 5.96 Å². The molecule has 5 heteroatoms. The zero-order chi connectivity index (χ0) is 16.9. The lowest BCUT2D eigenvalue weighted by Crippen LogP contribution is -2.39. The summed E-state index contributed by atoms with van der Waals surface area (Å²) in [6.45, 7) is 10.1. The average Bonchev–Trinajstić information content (AvgIpc) is 2.55. The van der Waals surface area contributed by atoms with E-state index in [0.29, 0.717) is 19.1 Å². The third-order valence-corrected chi connectivity index (χ3v) is 3.32. The van der Waals surface area contributed by atoms with Gasteiger partial charge in [-0.3, -0.25) is 0 Å². The predicted octanol–water partition coefficient (Wildman–Crippen LogP) is 2.81. The summed E-state index contributed by atoms with van der Waals surface area (Å²) in [5.41, 5.74) is 1.07. The molecular formula is C18H31N3O2. The van der Waals surface area contributed by atoms with Gasteiger partial charge in [0.1, 0.15) is 5.75 Å². The molecule has 0 aliphatic heterocycles. The highest BCUT2D eigenvalue weighted by atomic mass is 16.5. The van der Waals surface area contributed by atoms with E-state index in [-0.39, 0.29) is 0 Å². The van der Waals surface area contributed by atoms with Gasteiger partial charge in [-0.05, 0) is 25.3 Å². The smallest absolute Gasteiger partial charge is 0.191 e. The van der Waals surface area contributed by atoms with Gasteiger partial charge in [0, 0.05) is 25.3 Å². The maximum Gasteiger partial charge on any atom is 0.191 e. The highest BCUT2D eigenvalue weighted by molar-refractivity contribution is 5.79. The fraction of sp³-hybridized carbons (Fsp3) is 0.611. The monoisotopic (exact) mass is 321 g/mol. The van der Waals surface area contributed by atoms with Crippen LogP contribution in [0.1, 0.15) is 32.8 Å². The minimum absolute atomic E-state index is 0.577. The Morgan fingerprint density at radius 1 is 1.17 bits per heavy atom. The Kier molecular flexibility index (Phi) is 9.87. The molecule has 130 valence electrons. The zero-order valence-electron chi connectivity index (χ0n) is 14.9. The molecule has 0 saturated heterocycles. The van der Waals surface area contributed by atoms with Crippen molar-refractivity contribution in [2.45, 2.75) is 33.7 Å². The Morgan fingerprint density at radius 3 is 2.65 bits per heavy atom. The van der Waals surface area contributed by atoms with E-state index in [1.54, 1.807) is 7.11 Å². The maximum absolute atomic E-state index is 5.61. The van der Waals surface area contributed by atoms with Crippen molar-refractivity contribution in [2.24, 2.45) is 10.9 Å². The molecule has 5 nitrogen and oxygen atoms in total. The van der Waals surface area contributed by atoms with Gasteiger partial charge in [-0.15, -0.1) is 0 Å². The van der Waals surface area contributed by atoms with Crippen molar-refractivity contribution in [1.82, 2.24) is 10.6 Å². The predicted molar refractivity (Wildman–Crippen MR) is 96.1 cm³/mol. The first-order chi connectivity index (χ1) is 11.2. The van der Waals surface area contributed by atoms with Crippen LogP contribution in [0.5, 0.6) is 5.75 Å². The van der Waals surface area contributed by atoms with Crippen molar-refractivity contribution in [1.29, 1.82) is 0 Å². The molecule has 0 aromatic heterocycles. The highest BCUT2D eigenvalue weighted by Crippen LogP contribution is 2.17. The van der Waals surface area contributed by atoms with Gasteiger partial charge in [0.15, 0.2) is 5.96 Å². The largest absolute Gasteiger partial charge is 0.496 e. The van der Waals surface area contributed by atoms with Crippen molar-refractivity contribution in [3.63, 3.8) is 0 Å². The number of methoxy groups -OCH3 is 1. The molecule has 0 heterocycles. The fourth-order valence-corrected chi connectivity index (χ4v) is 2.00. The molecule has 0 saturated carbocycles. The molecule has 0 spiro atoms. The molecule has 0 aliphatic carbocycles. The van der Waals surface area contributed by atoms with Gasteiger partial charge < -0.3 is 20.1 Å². The number of hydrogen-bond acceptors (Lipinski definition) is 3. The number of hydrogen-bond donors (Lipinski definition) is 2. The molecule has 1 rings (SSSR count). The lowest BCUT2D eigenvalue weighted by atomic mass is 10.1. The van der Waals surface area contributed by atoms with Crippen LogP contribution in [0.4, 0.5) is 0 Å². The first-order valence-electron chi connectivity index (χ1n) is 8.39. The molecule has 0 fully saturated rings. The summed E-state index contributed by atoms with van der Waals surface area (Å²) < 4.78 is 11.0. The summed E-state index contributed by atoms with van der Waals surface area (Å²) in [6.07, 6.45) is 1.10. The number of ether oxygens (including phenoxy) is 2. The molecule has 0 atom stereocenters. The number of para-hydroxylation sites is 1. The van der Waals surface area contributed by atoms with Crippen LogP contribution in [0, 0.1) is 5.92 Å². The summed E-state index contributed by atoms with van der Waals surface area (Å²) in [5, 5.41) is 6.53. The molecule has 0 radical (unpaired) electrons. The normalized spacial score (nSPS) is 11.6. The van der Waals surface area contributed by atoms with Crippen LogP contribution in [0.15, 0.2) is 29.3 Å². The summed E-state index contributed by atoms with van der Waals surface area (Å²) in [7, 11) is 1.68. The average molecular weight is 321 g/mol. The van der Waals surface area contributed by atoms with Crippen LogP contribution in [0.2, 0.25) is 0 Å². The standard InChI is InChI=1S/C18H31N3O2/c1-5-19-18(20-11-13-23-12-10-15(2)3)21-14-16-8-6-7-9-17(16)22-4/h6-9,15H,5,10-14H2,1-4H3,(H2,19,20,21). The first-order valence-corrected chi connectivity index (χ1v) is 8.39. The van der Waals surface area contributed by atoms with Crippen LogP contribution in [-0.2, 0) is 11.3 Å². The summed E-state index contributed by atoms with van der Waals surface area (Å²) in [6, 6.07) is 7.94. The third-order valence-electron chi connectivity index (χ3n) is 3.32. The molecule has 23 heavy (non-hydrogen) atoms. The van der Waals surface area contributed by atoms with Crippen molar-refractivity contribution in [2.75, 3.05) is 33.4 Å². The minimum atomic E-state index is 0.577. The van der Waals surface area contributed by atoms with Gasteiger partial charge in [0.25, 0.3) is 0 Å². The minimum Gasteiger partial charge on any atom is -0.496 e. The second-order valence-electron chi connectivity index (χ2n) is 5.73. The Bertz CT molecular complexity index is 461. The van der Waals surface area contributed by atoms with Crippen molar-refractivity contribution in [3.8, 4) is 5.75 Å². The number of aliphatic imine (C=N–C) groups is 1. The van der Waals surface area contributed by atoms with E-state index < -0.39 is 0 Å². The number of nitrogens with zero attached hydrogens (tertiary/aromatic N) is 1. The molecule has 0 unspecified atom stereocenters. The molecule has 1 aromatic rings. The van der Waals surface area contributed by atoms with E-state index in [9.17, 15) is 0 Å². The zero-order valence-corrected chi connectivity index (χ0v) is 14.9. The third kappa shape index (κ3) is 8.45. The lowest BCUT2D eigenvalue weighted by Gasteiger charge is -2.12. The molecule has 1 aromatic carbocycles. The molecule has 2 N–H and O–H groups in total. The fourth-order valence-electron chi connectivity index (χ4n) is 2.00. The van der Waals surface area contributed by atoms with Gasteiger partial charge in [-0.1, -0.05) is 32.0 Å². The topological polar surface area (TPSA) is 54.9 Å². The number of benzene rings is 1. The number of nitrogens with one attached hydrogen (secondary N) is 2.